The lowest BCUT2D eigenvalue weighted by molar-refractivity contribution is 0.299. The van der Waals surface area contributed by atoms with E-state index in [4.69, 9.17) is 5.73 Å². The SMILES string of the molecule is Nc1cccc(CN2CC3CCCC3C2)c1F. The molecule has 1 aliphatic heterocycles. The van der Waals surface area contributed by atoms with Gasteiger partial charge in [0.05, 0.1) is 5.69 Å². The molecule has 0 amide bonds. The maximum absolute atomic E-state index is 13.8. The van der Waals surface area contributed by atoms with Gasteiger partial charge >= 0.3 is 0 Å². The molecule has 17 heavy (non-hydrogen) atoms. The molecule has 2 fully saturated rings. The molecule has 1 aromatic rings. The number of rotatable bonds is 2. The highest BCUT2D eigenvalue weighted by molar-refractivity contribution is 5.42. The molecule has 2 aliphatic rings. The Labute approximate surface area is 102 Å². The summed E-state index contributed by atoms with van der Waals surface area (Å²) in [7, 11) is 0. The molecule has 1 aromatic carbocycles. The molecule has 2 unspecified atom stereocenters. The molecule has 0 bridgehead atoms. The van der Waals surface area contributed by atoms with Gasteiger partial charge in [0.15, 0.2) is 5.82 Å². The molecule has 3 rings (SSSR count). The average Bonchev–Trinajstić information content (AvgIpc) is 2.85. The zero-order valence-electron chi connectivity index (χ0n) is 10.0. The number of nitrogens with zero attached hydrogens (tertiary/aromatic N) is 1. The Kier molecular flexibility index (Phi) is 2.79. The zero-order valence-corrected chi connectivity index (χ0v) is 10.0. The van der Waals surface area contributed by atoms with Crippen molar-refractivity contribution in [3.05, 3.63) is 29.6 Å². The Morgan fingerprint density at radius 1 is 1.24 bits per heavy atom. The normalized spacial score (nSPS) is 28.5. The largest absolute Gasteiger partial charge is 0.396 e. The van der Waals surface area contributed by atoms with Crippen molar-refractivity contribution in [1.82, 2.24) is 4.90 Å². The molecular formula is C14H19FN2. The van der Waals surface area contributed by atoms with Gasteiger partial charge in [-0.1, -0.05) is 18.6 Å². The minimum absolute atomic E-state index is 0.232. The van der Waals surface area contributed by atoms with Gasteiger partial charge in [-0.25, -0.2) is 4.39 Å². The molecule has 0 spiro atoms. The molecule has 2 nitrogen and oxygen atoms in total. The lowest BCUT2D eigenvalue weighted by Gasteiger charge is -2.17. The second-order valence-corrected chi connectivity index (χ2v) is 5.47. The van der Waals surface area contributed by atoms with Crippen LogP contribution in [0.15, 0.2) is 18.2 Å². The minimum Gasteiger partial charge on any atom is -0.396 e. The van der Waals surface area contributed by atoms with Gasteiger partial charge in [-0.2, -0.15) is 0 Å². The van der Waals surface area contributed by atoms with Gasteiger partial charge in [0.1, 0.15) is 0 Å². The quantitative estimate of drug-likeness (QED) is 0.797. The highest BCUT2D eigenvalue weighted by Crippen LogP contribution is 2.38. The van der Waals surface area contributed by atoms with Gasteiger partial charge in [0, 0.05) is 25.2 Å². The molecule has 3 heteroatoms. The number of nitrogen functional groups attached to an aromatic ring is 1. The van der Waals surface area contributed by atoms with Crippen LogP contribution in [-0.4, -0.2) is 18.0 Å². The number of hydrogen-bond donors (Lipinski definition) is 1. The highest BCUT2D eigenvalue weighted by atomic mass is 19.1. The molecule has 1 aliphatic carbocycles. The summed E-state index contributed by atoms with van der Waals surface area (Å²) < 4.78 is 13.8. The summed E-state index contributed by atoms with van der Waals surface area (Å²) in [6.07, 6.45) is 4.11. The van der Waals surface area contributed by atoms with E-state index in [2.05, 4.69) is 4.90 Å². The molecule has 0 radical (unpaired) electrons. The Balaban J connectivity index is 1.70. The van der Waals surface area contributed by atoms with E-state index >= 15 is 0 Å². The van der Waals surface area contributed by atoms with Crippen LogP contribution < -0.4 is 5.73 Å². The van der Waals surface area contributed by atoms with Crippen LogP contribution in [0.2, 0.25) is 0 Å². The number of nitrogens with two attached hydrogens (primary N) is 1. The molecule has 0 aromatic heterocycles. The summed E-state index contributed by atoms with van der Waals surface area (Å²) in [6, 6.07) is 5.31. The van der Waals surface area contributed by atoms with Crippen molar-refractivity contribution in [3.8, 4) is 0 Å². The number of anilines is 1. The first-order valence-corrected chi connectivity index (χ1v) is 6.49. The molecule has 2 N–H and O–H groups in total. The fraction of sp³-hybridized carbons (Fsp3) is 0.571. The van der Waals surface area contributed by atoms with E-state index in [9.17, 15) is 4.39 Å². The first-order valence-electron chi connectivity index (χ1n) is 6.49. The summed E-state index contributed by atoms with van der Waals surface area (Å²) in [4.78, 5) is 2.38. The average molecular weight is 234 g/mol. The van der Waals surface area contributed by atoms with Crippen molar-refractivity contribution in [2.24, 2.45) is 11.8 Å². The smallest absolute Gasteiger partial charge is 0.150 e. The third kappa shape index (κ3) is 2.04. The van der Waals surface area contributed by atoms with Crippen LogP contribution in [-0.2, 0) is 6.54 Å². The summed E-state index contributed by atoms with van der Waals surface area (Å²) in [5.74, 6) is 1.49. The van der Waals surface area contributed by atoms with E-state index in [1.165, 1.54) is 19.3 Å². The fourth-order valence-corrected chi connectivity index (χ4v) is 3.42. The lowest BCUT2D eigenvalue weighted by atomic mass is 10.0. The van der Waals surface area contributed by atoms with E-state index in [1.54, 1.807) is 6.07 Å². The first kappa shape index (κ1) is 11.0. The van der Waals surface area contributed by atoms with Crippen LogP contribution >= 0.6 is 0 Å². The Bertz CT molecular complexity index is 407. The van der Waals surface area contributed by atoms with Crippen LogP contribution in [0.3, 0.4) is 0 Å². The molecule has 2 atom stereocenters. The van der Waals surface area contributed by atoms with Gasteiger partial charge in [0.25, 0.3) is 0 Å². The van der Waals surface area contributed by atoms with E-state index in [-0.39, 0.29) is 11.5 Å². The Morgan fingerprint density at radius 2 is 1.94 bits per heavy atom. The van der Waals surface area contributed by atoms with Crippen molar-refractivity contribution < 1.29 is 4.39 Å². The number of likely N-dealkylation sites (tertiary alicyclic amines) is 1. The second-order valence-electron chi connectivity index (χ2n) is 5.47. The highest BCUT2D eigenvalue weighted by Gasteiger charge is 2.35. The van der Waals surface area contributed by atoms with Gasteiger partial charge in [0.2, 0.25) is 0 Å². The van der Waals surface area contributed by atoms with Gasteiger partial charge < -0.3 is 5.73 Å². The van der Waals surface area contributed by atoms with Gasteiger partial charge in [-0.05, 0) is 30.7 Å². The minimum atomic E-state index is -0.232. The third-order valence-corrected chi connectivity index (χ3v) is 4.30. The van der Waals surface area contributed by atoms with Crippen LogP contribution in [0.5, 0.6) is 0 Å². The second kappa shape index (κ2) is 4.30. The van der Waals surface area contributed by atoms with Crippen LogP contribution in [0, 0.1) is 17.7 Å². The van der Waals surface area contributed by atoms with E-state index in [0.29, 0.717) is 6.54 Å². The molecule has 1 saturated heterocycles. The summed E-state index contributed by atoms with van der Waals surface area (Å²) in [5.41, 5.74) is 6.60. The monoisotopic (exact) mass is 234 g/mol. The summed E-state index contributed by atoms with van der Waals surface area (Å²) >= 11 is 0. The van der Waals surface area contributed by atoms with Crippen molar-refractivity contribution in [1.29, 1.82) is 0 Å². The van der Waals surface area contributed by atoms with Crippen molar-refractivity contribution in [2.45, 2.75) is 25.8 Å². The predicted octanol–water partition coefficient (Wildman–Crippen LogP) is 2.64. The summed E-state index contributed by atoms with van der Waals surface area (Å²) in [5, 5.41) is 0. The van der Waals surface area contributed by atoms with Crippen LogP contribution in [0.1, 0.15) is 24.8 Å². The molecular weight excluding hydrogens is 215 g/mol. The third-order valence-electron chi connectivity index (χ3n) is 4.30. The van der Waals surface area contributed by atoms with Crippen LogP contribution in [0.25, 0.3) is 0 Å². The topological polar surface area (TPSA) is 29.3 Å². The van der Waals surface area contributed by atoms with Gasteiger partial charge in [-0.15, -0.1) is 0 Å². The number of halogens is 1. The fourth-order valence-electron chi connectivity index (χ4n) is 3.42. The molecule has 92 valence electrons. The van der Waals surface area contributed by atoms with Crippen molar-refractivity contribution in [3.63, 3.8) is 0 Å². The number of benzene rings is 1. The predicted molar refractivity (Wildman–Crippen MR) is 66.9 cm³/mol. The van der Waals surface area contributed by atoms with Gasteiger partial charge in [-0.3, -0.25) is 4.90 Å². The number of hydrogen-bond acceptors (Lipinski definition) is 2. The van der Waals surface area contributed by atoms with Crippen molar-refractivity contribution >= 4 is 5.69 Å². The standard InChI is InChI=1S/C14H19FN2/c15-14-12(5-2-6-13(14)16)9-17-7-10-3-1-4-11(10)8-17/h2,5-6,10-11H,1,3-4,7-9,16H2. The van der Waals surface area contributed by atoms with Crippen molar-refractivity contribution in [2.75, 3.05) is 18.8 Å². The lowest BCUT2D eigenvalue weighted by Crippen LogP contribution is -2.21. The van der Waals surface area contributed by atoms with Crippen LogP contribution in [0.4, 0.5) is 10.1 Å². The van der Waals surface area contributed by atoms with E-state index < -0.39 is 0 Å². The Hall–Kier alpha value is -1.09. The maximum atomic E-state index is 13.8. The molecule has 1 heterocycles. The maximum Gasteiger partial charge on any atom is 0.150 e. The zero-order chi connectivity index (χ0) is 11.8. The van der Waals surface area contributed by atoms with E-state index in [1.807, 2.05) is 12.1 Å². The summed E-state index contributed by atoms with van der Waals surface area (Å²) in [6.45, 7) is 2.99. The Morgan fingerprint density at radius 3 is 2.65 bits per heavy atom. The molecule has 1 saturated carbocycles. The first-order chi connectivity index (χ1) is 8.24. The number of fused-ring (bicyclic) bond motifs is 1. The van der Waals surface area contributed by atoms with E-state index in [0.717, 1.165) is 30.5 Å².